The number of aryl methyl sites for hydroxylation is 1. The zero-order chi connectivity index (χ0) is 21.7. The number of carbonyl (C=O) groups excluding carboxylic acids is 1. The first-order valence-corrected chi connectivity index (χ1v) is 11.8. The van der Waals surface area contributed by atoms with Crippen molar-refractivity contribution in [2.75, 3.05) is 33.3 Å². The molecule has 1 unspecified atom stereocenters. The van der Waals surface area contributed by atoms with Gasteiger partial charge in [0, 0.05) is 31.2 Å². The van der Waals surface area contributed by atoms with E-state index in [1.54, 1.807) is 7.11 Å². The van der Waals surface area contributed by atoms with Gasteiger partial charge >= 0.3 is 6.03 Å². The summed E-state index contributed by atoms with van der Waals surface area (Å²) in [6, 6.07) is 7.30. The van der Waals surface area contributed by atoms with Crippen LogP contribution in [0, 0.1) is 5.92 Å². The van der Waals surface area contributed by atoms with Gasteiger partial charge in [0.15, 0.2) is 0 Å². The SMILES string of the molecule is CCCN(CC1CCN(C(=O)NC(C)(C)C)CC1)C1CCc2cc(OC)ccc2C1. The fourth-order valence-corrected chi connectivity index (χ4v) is 4.91. The monoisotopic (exact) mass is 415 g/mol. The summed E-state index contributed by atoms with van der Waals surface area (Å²) in [5, 5.41) is 3.10. The number of piperidine rings is 1. The molecule has 30 heavy (non-hydrogen) atoms. The molecule has 5 nitrogen and oxygen atoms in total. The van der Waals surface area contributed by atoms with Crippen molar-refractivity contribution in [1.82, 2.24) is 15.1 Å². The van der Waals surface area contributed by atoms with Gasteiger partial charge in [-0.2, -0.15) is 0 Å². The fourth-order valence-electron chi connectivity index (χ4n) is 4.91. The topological polar surface area (TPSA) is 44.8 Å². The third-order valence-corrected chi connectivity index (χ3v) is 6.52. The van der Waals surface area contributed by atoms with Crippen molar-refractivity contribution >= 4 is 6.03 Å². The number of nitrogens with one attached hydrogen (secondary N) is 1. The van der Waals surface area contributed by atoms with Crippen LogP contribution in [0.15, 0.2) is 18.2 Å². The van der Waals surface area contributed by atoms with Crippen LogP contribution in [-0.4, -0.2) is 60.7 Å². The molecule has 1 fully saturated rings. The van der Waals surface area contributed by atoms with Gasteiger partial charge in [-0.05, 0) is 95.0 Å². The number of methoxy groups -OCH3 is 1. The van der Waals surface area contributed by atoms with E-state index in [0.29, 0.717) is 12.0 Å². The summed E-state index contributed by atoms with van der Waals surface area (Å²) in [6.07, 6.45) is 6.93. The fraction of sp³-hybridized carbons (Fsp3) is 0.720. The number of rotatable bonds is 6. The summed E-state index contributed by atoms with van der Waals surface area (Å²) < 4.78 is 5.40. The van der Waals surface area contributed by atoms with E-state index >= 15 is 0 Å². The highest BCUT2D eigenvalue weighted by atomic mass is 16.5. The molecule has 2 aliphatic rings. The van der Waals surface area contributed by atoms with Gasteiger partial charge in [0.05, 0.1) is 7.11 Å². The van der Waals surface area contributed by atoms with E-state index in [2.05, 4.69) is 35.3 Å². The van der Waals surface area contributed by atoms with Crippen molar-refractivity contribution in [1.29, 1.82) is 0 Å². The summed E-state index contributed by atoms with van der Waals surface area (Å²) in [4.78, 5) is 17.2. The van der Waals surface area contributed by atoms with E-state index in [1.165, 1.54) is 37.1 Å². The van der Waals surface area contributed by atoms with E-state index in [9.17, 15) is 4.79 Å². The van der Waals surface area contributed by atoms with Gasteiger partial charge in [-0.15, -0.1) is 0 Å². The second-order valence-electron chi connectivity index (χ2n) is 10.1. The molecule has 168 valence electrons. The van der Waals surface area contributed by atoms with Gasteiger partial charge < -0.3 is 15.0 Å². The Balaban J connectivity index is 1.54. The molecule has 0 radical (unpaired) electrons. The maximum absolute atomic E-state index is 12.5. The highest BCUT2D eigenvalue weighted by Crippen LogP contribution is 2.29. The molecule has 0 bridgehead atoms. The average Bonchev–Trinajstić information content (AvgIpc) is 2.72. The van der Waals surface area contributed by atoms with Crippen molar-refractivity contribution in [3.05, 3.63) is 29.3 Å². The molecule has 1 aliphatic heterocycles. The lowest BCUT2D eigenvalue weighted by atomic mass is 9.86. The van der Waals surface area contributed by atoms with Crippen molar-refractivity contribution < 1.29 is 9.53 Å². The number of ether oxygens (including phenoxy) is 1. The average molecular weight is 416 g/mol. The Labute approximate surface area is 183 Å². The minimum atomic E-state index is -0.173. The van der Waals surface area contributed by atoms with Crippen molar-refractivity contribution in [2.45, 2.75) is 77.8 Å². The number of urea groups is 1. The van der Waals surface area contributed by atoms with Crippen LogP contribution < -0.4 is 10.1 Å². The molecule has 2 amide bonds. The van der Waals surface area contributed by atoms with Crippen LogP contribution in [-0.2, 0) is 12.8 Å². The molecule has 3 rings (SSSR count). The van der Waals surface area contributed by atoms with Crippen molar-refractivity contribution in [3.8, 4) is 5.75 Å². The first kappa shape index (κ1) is 22.9. The third kappa shape index (κ3) is 6.13. The van der Waals surface area contributed by atoms with Crippen molar-refractivity contribution in [2.24, 2.45) is 5.92 Å². The predicted octanol–water partition coefficient (Wildman–Crippen LogP) is 4.48. The molecule has 1 heterocycles. The molecule has 1 saturated heterocycles. The van der Waals surface area contributed by atoms with Crippen LogP contribution in [0.2, 0.25) is 0 Å². The van der Waals surface area contributed by atoms with Gasteiger partial charge in [-0.3, -0.25) is 4.90 Å². The molecule has 1 aliphatic carbocycles. The Kier molecular flexibility index (Phi) is 7.67. The number of likely N-dealkylation sites (tertiary alicyclic amines) is 1. The van der Waals surface area contributed by atoms with E-state index in [4.69, 9.17) is 4.74 Å². The lowest BCUT2D eigenvalue weighted by Crippen LogP contribution is -2.51. The Morgan fingerprint density at radius 1 is 1.20 bits per heavy atom. The van der Waals surface area contributed by atoms with Gasteiger partial charge in [0.1, 0.15) is 5.75 Å². The Hall–Kier alpha value is -1.75. The Morgan fingerprint density at radius 3 is 2.57 bits per heavy atom. The maximum atomic E-state index is 12.5. The van der Waals surface area contributed by atoms with Crippen LogP contribution in [0.4, 0.5) is 4.79 Å². The van der Waals surface area contributed by atoms with Gasteiger partial charge in [-0.1, -0.05) is 13.0 Å². The lowest BCUT2D eigenvalue weighted by Gasteiger charge is -2.40. The van der Waals surface area contributed by atoms with Crippen LogP contribution in [0.25, 0.3) is 0 Å². The minimum Gasteiger partial charge on any atom is -0.497 e. The number of hydrogen-bond acceptors (Lipinski definition) is 3. The smallest absolute Gasteiger partial charge is 0.317 e. The Morgan fingerprint density at radius 2 is 1.93 bits per heavy atom. The summed E-state index contributed by atoms with van der Waals surface area (Å²) in [5.74, 6) is 1.66. The summed E-state index contributed by atoms with van der Waals surface area (Å²) >= 11 is 0. The summed E-state index contributed by atoms with van der Waals surface area (Å²) in [5.41, 5.74) is 2.77. The van der Waals surface area contributed by atoms with Crippen LogP contribution in [0.1, 0.15) is 64.5 Å². The van der Waals surface area contributed by atoms with Crippen LogP contribution >= 0.6 is 0 Å². The molecule has 0 spiro atoms. The zero-order valence-corrected chi connectivity index (χ0v) is 19.7. The molecule has 1 aromatic carbocycles. The minimum absolute atomic E-state index is 0.0886. The first-order valence-electron chi connectivity index (χ1n) is 11.8. The van der Waals surface area contributed by atoms with Crippen LogP contribution in [0.3, 0.4) is 0 Å². The predicted molar refractivity (Wildman–Crippen MR) is 123 cm³/mol. The largest absolute Gasteiger partial charge is 0.497 e. The molecular weight excluding hydrogens is 374 g/mol. The lowest BCUT2D eigenvalue weighted by molar-refractivity contribution is 0.114. The number of benzene rings is 1. The quantitative estimate of drug-likeness (QED) is 0.745. The normalized spacial score (nSPS) is 20.2. The van der Waals surface area contributed by atoms with Crippen LogP contribution in [0.5, 0.6) is 5.75 Å². The van der Waals surface area contributed by atoms with E-state index < -0.39 is 0 Å². The molecule has 1 aromatic rings. The highest BCUT2D eigenvalue weighted by Gasteiger charge is 2.29. The van der Waals surface area contributed by atoms with Gasteiger partial charge in [0.25, 0.3) is 0 Å². The standard InChI is InChI=1S/C25H41N3O2/c1-6-13-28(22-9-7-21-17-23(30-5)10-8-20(21)16-22)18-19-11-14-27(15-12-19)24(29)26-25(2,3)4/h8,10,17,19,22H,6-7,9,11-16,18H2,1-5H3,(H,26,29). The zero-order valence-electron chi connectivity index (χ0n) is 19.7. The number of amides is 2. The molecule has 0 saturated carbocycles. The number of hydrogen-bond donors (Lipinski definition) is 1. The summed E-state index contributed by atoms with van der Waals surface area (Å²) in [6.45, 7) is 12.5. The molecule has 0 aromatic heterocycles. The van der Waals surface area contributed by atoms with Gasteiger partial charge in [0.2, 0.25) is 0 Å². The van der Waals surface area contributed by atoms with Crippen molar-refractivity contribution in [3.63, 3.8) is 0 Å². The number of nitrogens with zero attached hydrogens (tertiary/aromatic N) is 2. The summed E-state index contributed by atoms with van der Waals surface area (Å²) in [7, 11) is 1.74. The Bertz CT molecular complexity index is 705. The number of carbonyl (C=O) groups is 1. The highest BCUT2D eigenvalue weighted by molar-refractivity contribution is 5.75. The second kappa shape index (κ2) is 10.0. The first-order chi connectivity index (χ1) is 14.3. The second-order valence-corrected chi connectivity index (χ2v) is 10.1. The molecule has 1 N–H and O–H groups in total. The molecular formula is C25H41N3O2. The maximum Gasteiger partial charge on any atom is 0.317 e. The van der Waals surface area contributed by atoms with Gasteiger partial charge in [-0.25, -0.2) is 4.79 Å². The van der Waals surface area contributed by atoms with E-state index in [0.717, 1.165) is 44.5 Å². The van der Waals surface area contributed by atoms with E-state index in [-0.39, 0.29) is 11.6 Å². The van der Waals surface area contributed by atoms with E-state index in [1.807, 2.05) is 25.7 Å². The number of fused-ring (bicyclic) bond motifs is 1. The molecule has 5 heteroatoms. The molecule has 1 atom stereocenters. The third-order valence-electron chi connectivity index (χ3n) is 6.52.